The first kappa shape index (κ1) is 19.7. The molecule has 0 fully saturated rings. The Hall–Kier alpha value is -2.39. The third kappa shape index (κ3) is 5.67. The molecule has 0 aliphatic rings. The highest BCUT2D eigenvalue weighted by Crippen LogP contribution is 2.22. The van der Waals surface area contributed by atoms with Gasteiger partial charge in [-0.05, 0) is 33.5 Å². The van der Waals surface area contributed by atoms with Gasteiger partial charge in [-0.2, -0.15) is 0 Å². The molecule has 1 atom stereocenters. The minimum absolute atomic E-state index is 0.195. The molecule has 0 saturated heterocycles. The third-order valence-corrected chi connectivity index (χ3v) is 3.78. The highest BCUT2D eigenvalue weighted by atomic mass is 16.5. The van der Waals surface area contributed by atoms with Gasteiger partial charge in [0.15, 0.2) is 0 Å². The summed E-state index contributed by atoms with van der Waals surface area (Å²) < 4.78 is 5.45. The number of hydrogen-bond acceptors (Lipinski definition) is 3. The van der Waals surface area contributed by atoms with Gasteiger partial charge in [-0.1, -0.05) is 73.4 Å². The number of ether oxygens (including phenoxy) is 1. The zero-order valence-electron chi connectivity index (χ0n) is 15.1. The van der Waals surface area contributed by atoms with Crippen molar-refractivity contribution in [3.8, 4) is 0 Å². The fraction of sp³-hybridized carbons (Fsp3) is 0.286. The maximum atomic E-state index is 11.8. The van der Waals surface area contributed by atoms with Crippen LogP contribution < -0.4 is 0 Å². The van der Waals surface area contributed by atoms with Gasteiger partial charge in [-0.3, -0.25) is 4.90 Å². The fourth-order valence-corrected chi connectivity index (χ4v) is 2.11. The van der Waals surface area contributed by atoms with E-state index >= 15 is 0 Å². The average molecular weight is 325 g/mol. The Kier molecular flexibility index (Phi) is 7.40. The number of esters is 1. The van der Waals surface area contributed by atoms with E-state index in [1.54, 1.807) is 13.0 Å². The van der Waals surface area contributed by atoms with Crippen LogP contribution in [0.2, 0.25) is 0 Å². The Labute approximate surface area is 145 Å². The first-order chi connectivity index (χ1) is 11.3. The van der Waals surface area contributed by atoms with Crippen molar-refractivity contribution in [3.63, 3.8) is 0 Å². The molecule has 1 unspecified atom stereocenters. The SMILES string of the molecule is C=CC(C)=CC(C=Cc1ccccc1)(COC(=O)C(=C)C)N(C)C. The molecule has 0 heterocycles. The molecule has 0 radical (unpaired) electrons. The lowest BCUT2D eigenvalue weighted by Crippen LogP contribution is -2.45. The van der Waals surface area contributed by atoms with Crippen molar-refractivity contribution >= 4 is 12.0 Å². The molecule has 3 heteroatoms. The predicted octanol–water partition coefficient (Wildman–Crippen LogP) is 4.25. The van der Waals surface area contributed by atoms with Gasteiger partial charge in [0.1, 0.15) is 6.61 Å². The second-order valence-electron chi connectivity index (χ2n) is 6.08. The van der Waals surface area contributed by atoms with Crippen LogP contribution in [0.1, 0.15) is 19.4 Å². The lowest BCUT2D eigenvalue weighted by Gasteiger charge is -2.34. The lowest BCUT2D eigenvalue weighted by molar-refractivity contribution is -0.141. The normalized spacial score (nSPS) is 14.5. The summed E-state index contributed by atoms with van der Waals surface area (Å²) in [6, 6.07) is 10.0. The quantitative estimate of drug-likeness (QED) is 0.406. The second kappa shape index (κ2) is 9.04. The fourth-order valence-electron chi connectivity index (χ4n) is 2.11. The molecule has 1 rings (SSSR count). The van der Waals surface area contributed by atoms with E-state index < -0.39 is 5.54 Å². The molecule has 0 aliphatic heterocycles. The minimum Gasteiger partial charge on any atom is -0.460 e. The van der Waals surface area contributed by atoms with Crippen molar-refractivity contribution in [1.29, 1.82) is 0 Å². The maximum Gasteiger partial charge on any atom is 0.333 e. The third-order valence-electron chi connectivity index (χ3n) is 3.78. The molecule has 0 amide bonds. The lowest BCUT2D eigenvalue weighted by atomic mass is 9.94. The highest BCUT2D eigenvalue weighted by Gasteiger charge is 2.29. The summed E-state index contributed by atoms with van der Waals surface area (Å²) in [6.07, 6.45) is 7.91. The van der Waals surface area contributed by atoms with Crippen LogP contribution in [0.25, 0.3) is 6.08 Å². The molecule has 3 nitrogen and oxygen atoms in total. The largest absolute Gasteiger partial charge is 0.460 e. The summed E-state index contributed by atoms with van der Waals surface area (Å²) in [4.78, 5) is 13.9. The van der Waals surface area contributed by atoms with Crippen LogP contribution >= 0.6 is 0 Å². The Morgan fingerprint density at radius 1 is 1.25 bits per heavy atom. The van der Waals surface area contributed by atoms with Crippen LogP contribution in [0.5, 0.6) is 0 Å². The van der Waals surface area contributed by atoms with Gasteiger partial charge in [0.05, 0.1) is 5.54 Å². The molecule has 0 N–H and O–H groups in total. The summed E-state index contributed by atoms with van der Waals surface area (Å²) in [5.41, 5.74) is 1.91. The standard InChI is InChI=1S/C21H27NO2/c1-7-18(4)15-21(22(5)6,16-24-20(23)17(2)3)14-13-19-11-9-8-10-12-19/h7-15H,1-2,16H2,3-6H3. The van der Waals surface area contributed by atoms with Gasteiger partial charge in [0.2, 0.25) is 0 Å². The summed E-state index contributed by atoms with van der Waals surface area (Å²) in [7, 11) is 3.91. The van der Waals surface area contributed by atoms with Crippen molar-refractivity contribution in [2.75, 3.05) is 20.7 Å². The van der Waals surface area contributed by atoms with Gasteiger partial charge < -0.3 is 4.74 Å². The monoisotopic (exact) mass is 325 g/mol. The van der Waals surface area contributed by atoms with Gasteiger partial charge in [0, 0.05) is 5.57 Å². The van der Waals surface area contributed by atoms with E-state index in [9.17, 15) is 4.79 Å². The van der Waals surface area contributed by atoms with Crippen LogP contribution in [0.3, 0.4) is 0 Å². The zero-order valence-corrected chi connectivity index (χ0v) is 15.1. The Balaban J connectivity index is 3.20. The molecule has 128 valence electrons. The molecule has 24 heavy (non-hydrogen) atoms. The Bertz CT molecular complexity index is 641. The maximum absolute atomic E-state index is 11.8. The van der Waals surface area contributed by atoms with Crippen LogP contribution in [-0.2, 0) is 9.53 Å². The molecule has 1 aromatic carbocycles. The molecule has 1 aromatic rings. The average Bonchev–Trinajstić information content (AvgIpc) is 2.57. The molecular formula is C21H27NO2. The van der Waals surface area contributed by atoms with E-state index in [0.717, 1.165) is 11.1 Å². The van der Waals surface area contributed by atoms with Crippen molar-refractivity contribution in [2.24, 2.45) is 0 Å². The molecular weight excluding hydrogens is 298 g/mol. The van der Waals surface area contributed by atoms with Crippen LogP contribution in [0, 0.1) is 0 Å². The number of allylic oxidation sites excluding steroid dienone is 2. The van der Waals surface area contributed by atoms with Crippen LogP contribution in [-0.4, -0.2) is 37.1 Å². The number of carbonyl (C=O) groups excluding carboxylic acids is 1. The number of nitrogens with zero attached hydrogens (tertiary/aromatic N) is 1. The number of carbonyl (C=O) groups is 1. The molecule has 0 spiro atoms. The molecule has 0 aliphatic carbocycles. The van der Waals surface area contributed by atoms with E-state index in [1.165, 1.54) is 0 Å². The highest BCUT2D eigenvalue weighted by molar-refractivity contribution is 5.87. The molecule has 0 saturated carbocycles. The first-order valence-corrected chi connectivity index (χ1v) is 7.87. The van der Waals surface area contributed by atoms with Gasteiger partial charge in [-0.15, -0.1) is 0 Å². The summed E-state index contributed by atoms with van der Waals surface area (Å²) in [6.45, 7) is 11.3. The molecule has 0 bridgehead atoms. The number of benzene rings is 1. The first-order valence-electron chi connectivity index (χ1n) is 7.87. The topological polar surface area (TPSA) is 29.5 Å². The Morgan fingerprint density at radius 2 is 1.88 bits per heavy atom. The zero-order chi connectivity index (χ0) is 18.2. The van der Waals surface area contributed by atoms with E-state index in [1.807, 2.05) is 74.5 Å². The van der Waals surface area contributed by atoms with E-state index in [0.29, 0.717) is 5.57 Å². The van der Waals surface area contributed by atoms with E-state index in [4.69, 9.17) is 4.74 Å². The van der Waals surface area contributed by atoms with Crippen molar-refractivity contribution in [3.05, 3.63) is 78.4 Å². The van der Waals surface area contributed by atoms with Crippen molar-refractivity contribution in [2.45, 2.75) is 19.4 Å². The van der Waals surface area contributed by atoms with Crippen molar-refractivity contribution in [1.82, 2.24) is 4.90 Å². The predicted molar refractivity (Wildman–Crippen MR) is 102 cm³/mol. The van der Waals surface area contributed by atoms with Crippen molar-refractivity contribution < 1.29 is 9.53 Å². The number of hydrogen-bond donors (Lipinski definition) is 0. The van der Waals surface area contributed by atoms with Crippen LogP contribution in [0.15, 0.2) is 72.9 Å². The Morgan fingerprint density at radius 3 is 2.38 bits per heavy atom. The van der Waals surface area contributed by atoms with E-state index in [2.05, 4.69) is 13.2 Å². The second-order valence-corrected chi connectivity index (χ2v) is 6.08. The number of likely N-dealkylation sites (N-methyl/N-ethyl adjacent to an activating group) is 1. The summed E-state index contributed by atoms with van der Waals surface area (Å²) in [5.74, 6) is -0.390. The minimum atomic E-state index is -0.570. The van der Waals surface area contributed by atoms with Gasteiger partial charge in [0.25, 0.3) is 0 Å². The van der Waals surface area contributed by atoms with Gasteiger partial charge >= 0.3 is 5.97 Å². The van der Waals surface area contributed by atoms with E-state index in [-0.39, 0.29) is 12.6 Å². The summed E-state index contributed by atoms with van der Waals surface area (Å²) >= 11 is 0. The van der Waals surface area contributed by atoms with Gasteiger partial charge in [-0.25, -0.2) is 4.79 Å². The number of rotatable bonds is 8. The van der Waals surface area contributed by atoms with Crippen LogP contribution in [0.4, 0.5) is 0 Å². The smallest absolute Gasteiger partial charge is 0.333 e. The summed E-state index contributed by atoms with van der Waals surface area (Å²) in [5, 5.41) is 0. The molecule has 0 aromatic heterocycles.